The number of fused-ring (bicyclic) bond motifs is 1. The third-order valence-corrected chi connectivity index (χ3v) is 5.31. The number of hydrogen-bond donors (Lipinski definition) is 2. The first-order valence-corrected chi connectivity index (χ1v) is 9.14. The maximum absolute atomic E-state index is 15.0. The molecule has 4 rings (SSSR count). The van der Waals surface area contributed by atoms with Gasteiger partial charge in [-0.05, 0) is 49.8 Å². The molecule has 0 bridgehead atoms. The van der Waals surface area contributed by atoms with E-state index >= 15 is 4.39 Å². The average molecular weight is 375 g/mol. The van der Waals surface area contributed by atoms with Crippen LogP contribution in [0.4, 0.5) is 14.9 Å². The highest BCUT2D eigenvalue weighted by molar-refractivity contribution is 5.74. The SMILES string of the molecule is Cc1c(N2CCNC(C)C2)c(F)cn2c(=O)c(OC(=O)O)cc(C3CC3)c12. The summed E-state index contributed by atoms with van der Waals surface area (Å²) in [7, 11) is 0. The summed E-state index contributed by atoms with van der Waals surface area (Å²) < 4.78 is 20.9. The summed E-state index contributed by atoms with van der Waals surface area (Å²) in [5.41, 5.74) is 2.04. The Bertz CT molecular complexity index is 983. The molecule has 1 aliphatic carbocycles. The maximum Gasteiger partial charge on any atom is 0.511 e. The standard InChI is InChI=1S/C19H22FN3O4/c1-10-8-22(6-5-21-10)17-11(2)16-13(12-3-4-12)7-15(27-19(25)26)18(24)23(16)9-14(17)20/h7,9-10,12,21H,3-6,8H2,1-2H3,(H,25,26). The minimum Gasteiger partial charge on any atom is -0.449 e. The highest BCUT2D eigenvalue weighted by Crippen LogP contribution is 2.44. The molecule has 27 heavy (non-hydrogen) atoms. The van der Waals surface area contributed by atoms with Crippen LogP contribution in [0.25, 0.3) is 5.52 Å². The molecule has 0 aromatic carbocycles. The van der Waals surface area contributed by atoms with Crippen molar-refractivity contribution in [1.29, 1.82) is 0 Å². The van der Waals surface area contributed by atoms with E-state index in [9.17, 15) is 9.59 Å². The minimum atomic E-state index is -1.56. The summed E-state index contributed by atoms with van der Waals surface area (Å²) in [4.78, 5) is 25.6. The molecule has 7 nitrogen and oxygen atoms in total. The Balaban J connectivity index is 1.95. The summed E-state index contributed by atoms with van der Waals surface area (Å²) in [6.07, 6.45) is 1.51. The quantitative estimate of drug-likeness (QED) is 0.802. The van der Waals surface area contributed by atoms with Crippen LogP contribution in [0.2, 0.25) is 0 Å². The van der Waals surface area contributed by atoms with Crippen molar-refractivity contribution in [2.75, 3.05) is 24.5 Å². The van der Waals surface area contributed by atoms with Crippen LogP contribution in [0.15, 0.2) is 17.1 Å². The summed E-state index contributed by atoms with van der Waals surface area (Å²) in [6.45, 7) is 6.00. The third kappa shape index (κ3) is 3.14. The minimum absolute atomic E-state index is 0.232. The monoisotopic (exact) mass is 375 g/mol. The molecule has 2 aliphatic rings. The Morgan fingerprint density at radius 2 is 2.15 bits per heavy atom. The second kappa shape index (κ2) is 6.53. The Labute approximate surface area is 155 Å². The van der Waals surface area contributed by atoms with Gasteiger partial charge in [0.1, 0.15) is 0 Å². The van der Waals surface area contributed by atoms with Gasteiger partial charge in [-0.3, -0.25) is 9.20 Å². The second-order valence-electron chi connectivity index (χ2n) is 7.38. The maximum atomic E-state index is 15.0. The first kappa shape index (κ1) is 17.8. The zero-order chi connectivity index (χ0) is 19.3. The van der Waals surface area contributed by atoms with Gasteiger partial charge in [-0.1, -0.05) is 0 Å². The number of rotatable bonds is 3. The Hall–Kier alpha value is -2.61. The molecule has 3 heterocycles. The average Bonchev–Trinajstić information content (AvgIpc) is 3.42. The van der Waals surface area contributed by atoms with E-state index in [4.69, 9.17) is 5.11 Å². The van der Waals surface area contributed by atoms with Crippen LogP contribution >= 0.6 is 0 Å². The molecule has 1 atom stereocenters. The van der Waals surface area contributed by atoms with Crippen molar-refractivity contribution in [3.05, 3.63) is 39.6 Å². The van der Waals surface area contributed by atoms with Crippen molar-refractivity contribution in [3.8, 4) is 5.75 Å². The molecule has 2 fully saturated rings. The predicted molar refractivity (Wildman–Crippen MR) is 98.7 cm³/mol. The molecule has 2 aromatic rings. The van der Waals surface area contributed by atoms with E-state index in [0.717, 1.165) is 31.1 Å². The molecule has 0 radical (unpaired) electrons. The molecule has 1 saturated heterocycles. The van der Waals surface area contributed by atoms with E-state index in [2.05, 4.69) is 17.0 Å². The molecule has 8 heteroatoms. The topological polar surface area (TPSA) is 83.3 Å². The first-order valence-electron chi connectivity index (χ1n) is 9.14. The highest BCUT2D eigenvalue weighted by atomic mass is 19.1. The van der Waals surface area contributed by atoms with Crippen molar-refractivity contribution < 1.29 is 19.0 Å². The van der Waals surface area contributed by atoms with Crippen molar-refractivity contribution in [1.82, 2.24) is 9.72 Å². The van der Waals surface area contributed by atoms with Gasteiger partial charge in [-0.2, -0.15) is 0 Å². The molecule has 0 spiro atoms. The number of carboxylic acid groups (broad SMARTS) is 1. The smallest absolute Gasteiger partial charge is 0.449 e. The summed E-state index contributed by atoms with van der Waals surface area (Å²) in [6, 6.07) is 1.75. The fraction of sp³-hybridized carbons (Fsp3) is 0.474. The number of anilines is 1. The highest BCUT2D eigenvalue weighted by Gasteiger charge is 2.31. The molecule has 2 N–H and O–H groups in total. The van der Waals surface area contributed by atoms with Crippen LogP contribution < -0.4 is 20.5 Å². The van der Waals surface area contributed by atoms with Gasteiger partial charge in [0, 0.05) is 25.7 Å². The van der Waals surface area contributed by atoms with Crippen molar-refractivity contribution in [2.24, 2.45) is 0 Å². The molecular formula is C19H22FN3O4. The number of nitrogens with one attached hydrogen (secondary N) is 1. The number of halogens is 1. The number of aryl methyl sites for hydroxylation is 1. The van der Waals surface area contributed by atoms with Crippen LogP contribution in [-0.4, -0.2) is 41.3 Å². The third-order valence-electron chi connectivity index (χ3n) is 5.31. The summed E-state index contributed by atoms with van der Waals surface area (Å²) >= 11 is 0. The van der Waals surface area contributed by atoms with Gasteiger partial charge in [0.2, 0.25) is 0 Å². The van der Waals surface area contributed by atoms with Gasteiger partial charge in [-0.25, -0.2) is 9.18 Å². The predicted octanol–water partition coefficient (Wildman–Crippen LogP) is 2.48. The van der Waals surface area contributed by atoms with Gasteiger partial charge in [0.15, 0.2) is 11.6 Å². The number of carbonyl (C=O) groups is 1. The van der Waals surface area contributed by atoms with Crippen molar-refractivity contribution in [3.63, 3.8) is 0 Å². The summed E-state index contributed by atoms with van der Waals surface area (Å²) in [5.74, 6) is -0.551. The first-order chi connectivity index (χ1) is 12.9. The molecule has 2 aromatic heterocycles. The fourth-order valence-electron chi connectivity index (χ4n) is 4.01. The van der Waals surface area contributed by atoms with E-state index in [1.807, 2.05) is 11.8 Å². The lowest BCUT2D eigenvalue weighted by Gasteiger charge is -2.35. The molecular weight excluding hydrogens is 353 g/mol. The second-order valence-corrected chi connectivity index (χ2v) is 7.38. The van der Waals surface area contributed by atoms with Gasteiger partial charge >= 0.3 is 6.16 Å². The summed E-state index contributed by atoms with van der Waals surface area (Å²) in [5, 5.41) is 12.2. The Kier molecular flexibility index (Phi) is 4.30. The van der Waals surface area contributed by atoms with Gasteiger partial charge in [-0.15, -0.1) is 0 Å². The van der Waals surface area contributed by atoms with E-state index in [1.54, 1.807) is 0 Å². The van der Waals surface area contributed by atoms with Crippen LogP contribution in [0.3, 0.4) is 0 Å². The van der Waals surface area contributed by atoms with Crippen LogP contribution in [-0.2, 0) is 0 Å². The van der Waals surface area contributed by atoms with Crippen LogP contribution in [0.1, 0.15) is 36.8 Å². The lowest BCUT2D eigenvalue weighted by Crippen LogP contribution is -2.49. The van der Waals surface area contributed by atoms with E-state index in [1.165, 1.54) is 10.5 Å². The number of piperazine rings is 1. The van der Waals surface area contributed by atoms with Gasteiger partial charge in [0.25, 0.3) is 5.56 Å². The molecule has 144 valence electrons. The van der Waals surface area contributed by atoms with Crippen LogP contribution in [0, 0.1) is 12.7 Å². The number of hydrogen-bond acceptors (Lipinski definition) is 5. The zero-order valence-electron chi connectivity index (χ0n) is 15.3. The molecule has 1 unspecified atom stereocenters. The van der Waals surface area contributed by atoms with E-state index < -0.39 is 17.5 Å². The van der Waals surface area contributed by atoms with Gasteiger partial charge in [0.05, 0.1) is 17.4 Å². The van der Waals surface area contributed by atoms with Crippen LogP contribution in [0.5, 0.6) is 5.75 Å². The molecule has 0 amide bonds. The number of pyridine rings is 2. The Morgan fingerprint density at radius 1 is 1.41 bits per heavy atom. The zero-order valence-corrected chi connectivity index (χ0v) is 15.3. The largest absolute Gasteiger partial charge is 0.511 e. The van der Waals surface area contributed by atoms with E-state index in [-0.39, 0.29) is 17.7 Å². The van der Waals surface area contributed by atoms with Crippen molar-refractivity contribution >= 4 is 17.4 Å². The normalized spacial score (nSPS) is 20.1. The molecule has 1 saturated carbocycles. The lowest BCUT2D eigenvalue weighted by atomic mass is 10.0. The lowest BCUT2D eigenvalue weighted by molar-refractivity contribution is 0.143. The number of nitrogens with zero attached hydrogens (tertiary/aromatic N) is 2. The van der Waals surface area contributed by atoms with E-state index in [0.29, 0.717) is 29.9 Å². The fourth-order valence-corrected chi connectivity index (χ4v) is 4.01. The molecule has 1 aliphatic heterocycles. The van der Waals surface area contributed by atoms with Gasteiger partial charge < -0.3 is 20.1 Å². The number of aromatic nitrogens is 1. The van der Waals surface area contributed by atoms with Crippen molar-refractivity contribution in [2.45, 2.75) is 38.6 Å². The number of ether oxygens (including phenoxy) is 1. The Morgan fingerprint density at radius 3 is 2.78 bits per heavy atom.